The number of urea groups is 1. The molecule has 0 saturated carbocycles. The van der Waals surface area contributed by atoms with Gasteiger partial charge in [0.05, 0.1) is 4.90 Å². The number of alkyl halides is 1. The maximum atomic E-state index is 11.9. The van der Waals surface area contributed by atoms with E-state index in [9.17, 15) is 18.0 Å². The van der Waals surface area contributed by atoms with Gasteiger partial charge in [-0.05, 0) is 30.7 Å². The average molecular weight is 334 g/mol. The largest absolute Gasteiger partial charge is 0.337 e. The molecular formula is C12H16ClN3O4S. The number of amides is 3. The van der Waals surface area contributed by atoms with Gasteiger partial charge in [0.15, 0.2) is 0 Å². The number of halogens is 1. The molecule has 9 heteroatoms. The number of carbonyl (C=O) groups is 2. The van der Waals surface area contributed by atoms with Gasteiger partial charge in [-0.25, -0.2) is 17.9 Å². The van der Waals surface area contributed by atoms with Crippen molar-refractivity contribution >= 4 is 39.2 Å². The lowest BCUT2D eigenvalue weighted by molar-refractivity contribution is -0.113. The number of rotatable bonds is 6. The third kappa shape index (κ3) is 5.60. The van der Waals surface area contributed by atoms with Crippen molar-refractivity contribution in [1.82, 2.24) is 10.0 Å². The fraction of sp³-hybridized carbons (Fsp3) is 0.333. The fourth-order valence-corrected chi connectivity index (χ4v) is 2.36. The second kappa shape index (κ2) is 7.84. The van der Waals surface area contributed by atoms with Crippen LogP contribution < -0.4 is 15.4 Å². The molecule has 116 valence electrons. The second-order valence-electron chi connectivity index (χ2n) is 4.07. The third-order valence-electron chi connectivity index (χ3n) is 2.33. The summed E-state index contributed by atoms with van der Waals surface area (Å²) in [6.45, 7) is 2.23. The Morgan fingerprint density at radius 1 is 1.19 bits per heavy atom. The SMILES string of the molecule is CCCNC(=O)NS(=O)(=O)c1ccc(NC(=O)CCl)cc1. The van der Waals surface area contributed by atoms with Gasteiger partial charge in [-0.15, -0.1) is 11.6 Å². The molecule has 7 nitrogen and oxygen atoms in total. The van der Waals surface area contributed by atoms with E-state index in [1.165, 1.54) is 24.3 Å². The molecule has 3 amide bonds. The first-order valence-corrected chi connectivity index (χ1v) is 8.17. The minimum atomic E-state index is -3.94. The Morgan fingerprint density at radius 2 is 1.81 bits per heavy atom. The predicted molar refractivity (Wildman–Crippen MR) is 79.8 cm³/mol. The highest BCUT2D eigenvalue weighted by Gasteiger charge is 2.17. The zero-order chi connectivity index (χ0) is 15.9. The minimum Gasteiger partial charge on any atom is -0.337 e. The highest BCUT2D eigenvalue weighted by molar-refractivity contribution is 7.90. The molecule has 0 aliphatic rings. The second-order valence-corrected chi connectivity index (χ2v) is 6.02. The molecule has 0 spiro atoms. The smallest absolute Gasteiger partial charge is 0.328 e. The summed E-state index contributed by atoms with van der Waals surface area (Å²) in [4.78, 5) is 22.4. The van der Waals surface area contributed by atoms with E-state index >= 15 is 0 Å². The molecule has 0 atom stereocenters. The summed E-state index contributed by atoms with van der Waals surface area (Å²) in [5.41, 5.74) is 0.412. The van der Waals surface area contributed by atoms with E-state index in [1.807, 2.05) is 11.6 Å². The summed E-state index contributed by atoms with van der Waals surface area (Å²) in [6.07, 6.45) is 0.697. The summed E-state index contributed by atoms with van der Waals surface area (Å²) in [5.74, 6) is -0.594. The van der Waals surface area contributed by atoms with Crippen LogP contribution in [0.5, 0.6) is 0 Å². The molecule has 3 N–H and O–H groups in total. The molecular weight excluding hydrogens is 318 g/mol. The lowest BCUT2D eigenvalue weighted by Crippen LogP contribution is -2.39. The van der Waals surface area contributed by atoms with Crippen molar-refractivity contribution in [2.75, 3.05) is 17.7 Å². The molecule has 21 heavy (non-hydrogen) atoms. The van der Waals surface area contributed by atoms with Crippen molar-refractivity contribution in [3.05, 3.63) is 24.3 Å². The molecule has 0 bridgehead atoms. The Balaban J connectivity index is 2.75. The normalized spacial score (nSPS) is 10.8. The first-order chi connectivity index (χ1) is 9.89. The first kappa shape index (κ1) is 17.3. The van der Waals surface area contributed by atoms with Crippen molar-refractivity contribution < 1.29 is 18.0 Å². The Morgan fingerprint density at radius 3 is 2.33 bits per heavy atom. The van der Waals surface area contributed by atoms with E-state index in [4.69, 9.17) is 11.6 Å². The van der Waals surface area contributed by atoms with E-state index in [1.54, 1.807) is 0 Å². The van der Waals surface area contributed by atoms with Crippen LogP contribution in [0.4, 0.5) is 10.5 Å². The molecule has 0 saturated heterocycles. The predicted octanol–water partition coefficient (Wildman–Crippen LogP) is 1.26. The van der Waals surface area contributed by atoms with Gasteiger partial charge in [-0.2, -0.15) is 0 Å². The molecule has 0 fully saturated rings. The molecule has 0 aliphatic carbocycles. The zero-order valence-corrected chi connectivity index (χ0v) is 12.9. The maximum Gasteiger partial charge on any atom is 0.328 e. The summed E-state index contributed by atoms with van der Waals surface area (Å²) >= 11 is 5.34. The van der Waals surface area contributed by atoms with Crippen LogP contribution in [0.15, 0.2) is 29.2 Å². The maximum absolute atomic E-state index is 11.9. The van der Waals surface area contributed by atoms with Gasteiger partial charge >= 0.3 is 6.03 Å². The standard InChI is InChI=1S/C12H16ClN3O4S/c1-2-7-14-12(18)16-21(19,20)10-5-3-9(4-6-10)15-11(17)8-13/h3-6H,2,7-8H2,1H3,(H,15,17)(H2,14,16,18). The van der Waals surface area contributed by atoms with Crippen LogP contribution in [-0.2, 0) is 14.8 Å². The summed E-state index contributed by atoms with van der Waals surface area (Å²) < 4.78 is 25.7. The van der Waals surface area contributed by atoms with E-state index < -0.39 is 22.0 Å². The van der Waals surface area contributed by atoms with Gasteiger partial charge in [-0.1, -0.05) is 6.92 Å². The van der Waals surface area contributed by atoms with Crippen LogP contribution in [0.2, 0.25) is 0 Å². The van der Waals surface area contributed by atoms with Crippen molar-refractivity contribution in [2.45, 2.75) is 18.2 Å². The number of hydrogen-bond acceptors (Lipinski definition) is 4. The Labute approximate surface area is 128 Å². The first-order valence-electron chi connectivity index (χ1n) is 6.15. The number of anilines is 1. The van der Waals surface area contributed by atoms with Gasteiger partial charge in [0, 0.05) is 12.2 Å². The number of nitrogens with one attached hydrogen (secondary N) is 3. The van der Waals surface area contributed by atoms with E-state index in [0.717, 1.165) is 0 Å². The van der Waals surface area contributed by atoms with Crippen LogP contribution in [0, 0.1) is 0 Å². The highest BCUT2D eigenvalue weighted by atomic mass is 35.5. The van der Waals surface area contributed by atoms with Gasteiger partial charge in [0.1, 0.15) is 5.88 Å². The zero-order valence-electron chi connectivity index (χ0n) is 11.3. The van der Waals surface area contributed by atoms with Crippen molar-refractivity contribution in [2.24, 2.45) is 0 Å². The molecule has 0 aliphatic heterocycles. The summed E-state index contributed by atoms with van der Waals surface area (Å²) in [6, 6.07) is 4.58. The minimum absolute atomic E-state index is 0.0852. The summed E-state index contributed by atoms with van der Waals surface area (Å²) in [5, 5.41) is 4.88. The van der Waals surface area contributed by atoms with Crippen molar-refractivity contribution in [3.63, 3.8) is 0 Å². The molecule has 1 aromatic rings. The Kier molecular flexibility index (Phi) is 6.44. The van der Waals surface area contributed by atoms with Crippen LogP contribution in [-0.4, -0.2) is 32.8 Å². The third-order valence-corrected chi connectivity index (χ3v) is 3.92. The Hall–Kier alpha value is -1.80. The number of hydrogen-bond donors (Lipinski definition) is 3. The number of benzene rings is 1. The van der Waals surface area contributed by atoms with Crippen LogP contribution in [0.3, 0.4) is 0 Å². The van der Waals surface area contributed by atoms with Gasteiger partial charge < -0.3 is 10.6 Å². The van der Waals surface area contributed by atoms with E-state index in [-0.39, 0.29) is 10.8 Å². The van der Waals surface area contributed by atoms with Gasteiger partial charge in [0.25, 0.3) is 10.0 Å². The monoisotopic (exact) mass is 333 g/mol. The average Bonchev–Trinajstić information content (AvgIpc) is 2.45. The summed E-state index contributed by atoms with van der Waals surface area (Å²) in [7, 11) is -3.94. The topological polar surface area (TPSA) is 104 Å². The van der Waals surface area contributed by atoms with Crippen molar-refractivity contribution in [1.29, 1.82) is 0 Å². The highest BCUT2D eigenvalue weighted by Crippen LogP contribution is 2.14. The lowest BCUT2D eigenvalue weighted by Gasteiger charge is -2.09. The van der Waals surface area contributed by atoms with E-state index in [0.29, 0.717) is 18.7 Å². The fourth-order valence-electron chi connectivity index (χ4n) is 1.37. The molecule has 0 unspecified atom stereocenters. The van der Waals surface area contributed by atoms with Crippen LogP contribution >= 0.6 is 11.6 Å². The Bertz CT molecular complexity index is 601. The van der Waals surface area contributed by atoms with Crippen LogP contribution in [0.25, 0.3) is 0 Å². The van der Waals surface area contributed by atoms with E-state index in [2.05, 4.69) is 10.6 Å². The number of sulfonamides is 1. The molecule has 0 radical (unpaired) electrons. The number of carbonyl (C=O) groups excluding carboxylic acids is 2. The van der Waals surface area contributed by atoms with Gasteiger partial charge in [0.2, 0.25) is 5.91 Å². The molecule has 1 aromatic carbocycles. The molecule has 1 rings (SSSR count). The molecule has 0 heterocycles. The lowest BCUT2D eigenvalue weighted by atomic mass is 10.3. The van der Waals surface area contributed by atoms with Crippen LogP contribution in [0.1, 0.15) is 13.3 Å². The molecule has 0 aromatic heterocycles. The quantitative estimate of drug-likeness (QED) is 0.682. The van der Waals surface area contributed by atoms with Crippen molar-refractivity contribution in [3.8, 4) is 0 Å². The van der Waals surface area contributed by atoms with Gasteiger partial charge in [-0.3, -0.25) is 4.79 Å².